The van der Waals surface area contributed by atoms with Crippen molar-refractivity contribution in [2.75, 3.05) is 18.8 Å². The van der Waals surface area contributed by atoms with E-state index in [4.69, 9.17) is 5.73 Å². The summed E-state index contributed by atoms with van der Waals surface area (Å²) in [5.41, 5.74) is 7.64. The number of nitrogens with zero attached hydrogens (tertiary/aromatic N) is 4. The first-order chi connectivity index (χ1) is 16.6. The molecular weight excluding hydrogens is 461 g/mol. The van der Waals surface area contributed by atoms with Crippen LogP contribution in [0.5, 0.6) is 5.75 Å². The van der Waals surface area contributed by atoms with Crippen molar-refractivity contribution in [2.24, 2.45) is 0 Å². The summed E-state index contributed by atoms with van der Waals surface area (Å²) in [6.07, 6.45) is 2.32. The summed E-state index contributed by atoms with van der Waals surface area (Å²) in [5, 5.41) is 7.64. The molecule has 11 heteroatoms. The Balaban J connectivity index is 1.29. The smallest absolute Gasteiger partial charge is 0.387 e. The number of hydrogen-bond donors (Lipinski definition) is 2. The Bertz CT molecular complexity index is 1270. The minimum atomic E-state index is -3.01. The summed E-state index contributed by atoms with van der Waals surface area (Å²) in [4.78, 5) is 18.6. The lowest BCUT2D eigenvalue weighted by Gasteiger charge is -2.48. The average molecular weight is 486 g/mol. The van der Waals surface area contributed by atoms with Gasteiger partial charge in [0.1, 0.15) is 5.82 Å². The third-order valence-electron chi connectivity index (χ3n) is 6.78. The van der Waals surface area contributed by atoms with E-state index >= 15 is 0 Å². The van der Waals surface area contributed by atoms with Crippen molar-refractivity contribution in [1.82, 2.24) is 25.0 Å². The van der Waals surface area contributed by atoms with Gasteiger partial charge in [-0.2, -0.15) is 13.9 Å². The first-order valence-electron chi connectivity index (χ1n) is 11.2. The molecule has 8 nitrogen and oxygen atoms in total. The molecule has 35 heavy (non-hydrogen) atoms. The average Bonchev–Trinajstić information content (AvgIpc) is 3.33. The van der Waals surface area contributed by atoms with E-state index in [0.717, 1.165) is 17.7 Å². The van der Waals surface area contributed by atoms with Crippen LogP contribution >= 0.6 is 0 Å². The van der Waals surface area contributed by atoms with Gasteiger partial charge in [-0.15, -0.1) is 0 Å². The number of hydrogen-bond acceptors (Lipinski definition) is 5. The number of carbonyl (C=O) groups excluding carboxylic acids is 1. The number of nitrogen functional groups attached to an aromatic ring is 1. The molecule has 0 atom stereocenters. The molecule has 0 bridgehead atoms. The number of anilines is 1. The number of rotatable bonds is 5. The van der Waals surface area contributed by atoms with E-state index in [0.29, 0.717) is 30.9 Å². The van der Waals surface area contributed by atoms with Gasteiger partial charge in [0.2, 0.25) is 0 Å². The molecule has 2 aliphatic rings. The van der Waals surface area contributed by atoms with Crippen molar-refractivity contribution in [3.05, 3.63) is 59.7 Å². The number of carbonyl (C=O) groups is 1. The number of fused-ring (bicyclic) bond motifs is 2. The van der Waals surface area contributed by atoms with E-state index in [2.05, 4.69) is 20.1 Å². The minimum absolute atomic E-state index is 0.124. The lowest BCUT2D eigenvalue weighted by Crippen LogP contribution is -2.64. The van der Waals surface area contributed by atoms with E-state index in [1.807, 2.05) is 24.6 Å². The molecule has 2 aromatic heterocycles. The molecule has 1 aromatic carbocycles. The minimum Gasteiger partial charge on any atom is -0.431 e. The predicted molar refractivity (Wildman–Crippen MR) is 122 cm³/mol. The lowest BCUT2D eigenvalue weighted by molar-refractivity contribution is -0.0494. The molecule has 1 spiro atoms. The van der Waals surface area contributed by atoms with E-state index in [1.54, 1.807) is 17.0 Å². The zero-order chi connectivity index (χ0) is 25.0. The second-order valence-electron chi connectivity index (χ2n) is 9.57. The number of alkyl halides is 2. The van der Waals surface area contributed by atoms with Gasteiger partial charge < -0.3 is 20.7 Å². The number of nitrogens with one attached hydrogen (secondary N) is 1. The van der Waals surface area contributed by atoms with E-state index in [-0.39, 0.29) is 28.8 Å². The molecule has 1 fully saturated rings. The van der Waals surface area contributed by atoms with Crippen LogP contribution in [0.25, 0.3) is 11.3 Å². The van der Waals surface area contributed by atoms with Gasteiger partial charge in [0.25, 0.3) is 0 Å². The first-order valence-corrected chi connectivity index (χ1v) is 11.2. The maximum atomic E-state index is 13.3. The van der Waals surface area contributed by atoms with Crippen molar-refractivity contribution in [3.8, 4) is 17.0 Å². The number of aryl methyl sites for hydroxylation is 1. The number of benzene rings is 1. The summed E-state index contributed by atoms with van der Waals surface area (Å²) >= 11 is 0. The molecule has 1 saturated heterocycles. The topological polar surface area (TPSA) is 98.3 Å². The number of aromatic nitrogens is 3. The van der Waals surface area contributed by atoms with Crippen molar-refractivity contribution in [3.63, 3.8) is 0 Å². The molecule has 3 aromatic rings. The Morgan fingerprint density at radius 3 is 2.63 bits per heavy atom. The number of halogens is 3. The Labute approximate surface area is 199 Å². The third kappa shape index (κ3) is 4.15. The lowest BCUT2D eigenvalue weighted by atomic mass is 9.76. The maximum absolute atomic E-state index is 13.3. The Kier molecular flexibility index (Phi) is 5.37. The number of urea groups is 1. The van der Waals surface area contributed by atoms with Crippen LogP contribution < -0.4 is 15.8 Å². The molecule has 0 unspecified atom stereocenters. The van der Waals surface area contributed by atoms with Crippen LogP contribution in [0, 0.1) is 5.82 Å². The maximum Gasteiger partial charge on any atom is 0.387 e. The fourth-order valence-electron chi connectivity index (χ4n) is 4.82. The second kappa shape index (κ2) is 8.17. The Morgan fingerprint density at radius 1 is 1.23 bits per heavy atom. The summed E-state index contributed by atoms with van der Waals surface area (Å²) in [5.74, 6) is -0.651. The van der Waals surface area contributed by atoms with Crippen LogP contribution in [0.2, 0.25) is 0 Å². The van der Waals surface area contributed by atoms with E-state index < -0.39 is 12.2 Å². The summed E-state index contributed by atoms with van der Waals surface area (Å²) in [7, 11) is 0. The van der Waals surface area contributed by atoms with Crippen LogP contribution in [0.1, 0.15) is 31.5 Å². The van der Waals surface area contributed by atoms with Crippen LogP contribution in [0.15, 0.2) is 42.6 Å². The van der Waals surface area contributed by atoms with Gasteiger partial charge in [0, 0.05) is 42.5 Å². The molecule has 3 N–H and O–H groups in total. The highest BCUT2D eigenvalue weighted by Gasteiger charge is 2.51. The zero-order valence-corrected chi connectivity index (χ0v) is 19.3. The third-order valence-corrected chi connectivity index (χ3v) is 6.78. The number of ether oxygens (including phenoxy) is 1. The number of likely N-dealkylation sites (tertiary alicyclic amines) is 1. The zero-order valence-electron chi connectivity index (χ0n) is 19.3. The monoisotopic (exact) mass is 486 g/mol. The van der Waals surface area contributed by atoms with E-state index in [9.17, 15) is 18.0 Å². The summed E-state index contributed by atoms with van der Waals surface area (Å²) < 4.78 is 44.9. The van der Waals surface area contributed by atoms with Gasteiger partial charge in [-0.1, -0.05) is 12.1 Å². The van der Waals surface area contributed by atoms with Gasteiger partial charge in [-0.3, -0.25) is 4.68 Å². The fourth-order valence-corrected chi connectivity index (χ4v) is 4.82. The molecule has 2 amide bonds. The number of nitrogens with two attached hydrogens (primary N) is 1. The SMILES string of the molecule is CC(C)(NC(=O)N1CC2(CCn3nc(-c4cnc(N)c(OC(F)F)c4)cc32)C1)c1ccc(F)cc1. The van der Waals surface area contributed by atoms with Gasteiger partial charge >= 0.3 is 12.6 Å². The largest absolute Gasteiger partial charge is 0.431 e. The Hall–Kier alpha value is -3.76. The predicted octanol–water partition coefficient (Wildman–Crippen LogP) is 3.87. The quantitative estimate of drug-likeness (QED) is 0.571. The van der Waals surface area contributed by atoms with Crippen LogP contribution in [0.4, 0.5) is 23.8 Å². The summed E-state index contributed by atoms with van der Waals surface area (Å²) in [6.45, 7) is 2.49. The highest BCUT2D eigenvalue weighted by atomic mass is 19.3. The molecule has 4 heterocycles. The molecule has 2 aliphatic heterocycles. The van der Waals surface area contributed by atoms with Crippen molar-refractivity contribution >= 4 is 11.8 Å². The second-order valence-corrected chi connectivity index (χ2v) is 9.57. The Morgan fingerprint density at radius 2 is 1.94 bits per heavy atom. The fraction of sp³-hybridized carbons (Fsp3) is 0.375. The molecule has 0 aliphatic carbocycles. The molecule has 0 radical (unpaired) electrons. The number of pyridine rings is 1. The highest BCUT2D eigenvalue weighted by molar-refractivity contribution is 5.77. The first kappa shape index (κ1) is 23.0. The summed E-state index contributed by atoms with van der Waals surface area (Å²) in [6, 6.07) is 9.18. The molecular formula is C24H25F3N6O2. The van der Waals surface area contributed by atoms with Gasteiger partial charge in [0.05, 0.1) is 11.2 Å². The molecule has 0 saturated carbocycles. The standard InChI is InChI=1S/C24H25F3N6O2/c1-23(2,15-3-5-16(25)6-4-15)30-22(34)32-12-24(13-32)7-8-33-19(24)10-17(31-33)14-9-18(35-21(26)27)20(28)29-11-14/h3-6,9-11,21H,7-8,12-13H2,1-2H3,(H2,28,29)(H,30,34). The molecule has 184 valence electrons. The van der Waals surface area contributed by atoms with Crippen LogP contribution in [0.3, 0.4) is 0 Å². The van der Waals surface area contributed by atoms with Crippen molar-refractivity contribution < 1.29 is 22.7 Å². The normalized spacial score (nSPS) is 16.3. The van der Waals surface area contributed by atoms with Gasteiger partial charge in [-0.05, 0) is 50.1 Å². The van der Waals surface area contributed by atoms with Crippen molar-refractivity contribution in [1.29, 1.82) is 0 Å². The van der Waals surface area contributed by atoms with Crippen LogP contribution in [-0.2, 0) is 17.5 Å². The van der Waals surface area contributed by atoms with E-state index in [1.165, 1.54) is 24.4 Å². The van der Waals surface area contributed by atoms with Crippen molar-refractivity contribution in [2.45, 2.75) is 44.4 Å². The number of amides is 2. The highest BCUT2D eigenvalue weighted by Crippen LogP contribution is 2.44. The van der Waals surface area contributed by atoms with Gasteiger partial charge in [-0.25, -0.2) is 14.2 Å². The molecule has 5 rings (SSSR count). The van der Waals surface area contributed by atoms with Gasteiger partial charge in [0.15, 0.2) is 11.6 Å². The van der Waals surface area contributed by atoms with Crippen LogP contribution in [-0.4, -0.2) is 45.4 Å².